The maximum Gasteiger partial charge on any atom is 0.0870 e. The Morgan fingerprint density at radius 2 is 1.79 bits per heavy atom. The van der Waals surface area contributed by atoms with Gasteiger partial charge in [0.25, 0.3) is 0 Å². The molecule has 0 N–H and O–H groups in total. The quantitative estimate of drug-likeness (QED) is 0.701. The summed E-state index contributed by atoms with van der Waals surface area (Å²) in [6.07, 6.45) is 16.4. The molecule has 19 heavy (non-hydrogen) atoms. The normalized spacial score (nSPS) is 49.9. The van der Waals surface area contributed by atoms with Gasteiger partial charge in [0.1, 0.15) is 0 Å². The van der Waals surface area contributed by atoms with E-state index in [1.165, 1.54) is 70.6 Å². The first-order chi connectivity index (χ1) is 9.35. The third kappa shape index (κ3) is 2.58. The van der Waals surface area contributed by atoms with Crippen molar-refractivity contribution in [2.75, 3.05) is 6.61 Å². The van der Waals surface area contributed by atoms with E-state index in [0.29, 0.717) is 17.8 Å². The van der Waals surface area contributed by atoms with Crippen LogP contribution in [0.4, 0.5) is 0 Å². The Labute approximate surface area is 117 Å². The summed E-state index contributed by atoms with van der Waals surface area (Å²) >= 11 is 0. The molecule has 0 aromatic heterocycles. The number of rotatable bonds is 2. The van der Waals surface area contributed by atoms with Crippen molar-refractivity contribution in [3.05, 3.63) is 0 Å². The molecule has 2 heterocycles. The number of ether oxygens (including phenoxy) is 2. The van der Waals surface area contributed by atoms with Gasteiger partial charge in [0.15, 0.2) is 0 Å². The van der Waals surface area contributed by atoms with Gasteiger partial charge in [0, 0.05) is 6.61 Å². The predicted molar refractivity (Wildman–Crippen MR) is 75.1 cm³/mol. The number of hydrogen-bond acceptors (Lipinski definition) is 2. The maximum absolute atomic E-state index is 6.15. The van der Waals surface area contributed by atoms with Crippen LogP contribution in [-0.4, -0.2) is 24.4 Å². The van der Waals surface area contributed by atoms with Gasteiger partial charge < -0.3 is 9.47 Å². The lowest BCUT2D eigenvalue weighted by Crippen LogP contribution is -2.40. The van der Waals surface area contributed by atoms with E-state index >= 15 is 0 Å². The summed E-state index contributed by atoms with van der Waals surface area (Å²) in [5.74, 6) is 1.86. The van der Waals surface area contributed by atoms with Gasteiger partial charge in [-0.2, -0.15) is 0 Å². The Kier molecular flexibility index (Phi) is 3.35. The second-order valence-electron chi connectivity index (χ2n) is 7.50. The fraction of sp³-hybridized carbons (Fsp3) is 1.00. The highest BCUT2D eigenvalue weighted by molar-refractivity contribution is 4.96. The van der Waals surface area contributed by atoms with Gasteiger partial charge in [-0.25, -0.2) is 0 Å². The van der Waals surface area contributed by atoms with Crippen molar-refractivity contribution in [1.82, 2.24) is 0 Å². The Balaban J connectivity index is 1.28. The van der Waals surface area contributed by atoms with Gasteiger partial charge in [-0.05, 0) is 76.0 Å². The molecule has 2 nitrogen and oxygen atoms in total. The minimum absolute atomic E-state index is 0.305. The summed E-state index contributed by atoms with van der Waals surface area (Å²) in [5, 5.41) is 0. The second kappa shape index (κ2) is 5.04. The Morgan fingerprint density at radius 1 is 0.895 bits per heavy atom. The number of fused-ring (bicyclic) bond motifs is 1. The molecular formula is C17H28O2. The van der Waals surface area contributed by atoms with Crippen LogP contribution >= 0.6 is 0 Å². The van der Waals surface area contributed by atoms with E-state index in [-0.39, 0.29) is 0 Å². The number of epoxide rings is 1. The number of hydrogen-bond donors (Lipinski definition) is 0. The van der Waals surface area contributed by atoms with Crippen molar-refractivity contribution in [3.8, 4) is 0 Å². The lowest BCUT2D eigenvalue weighted by molar-refractivity contribution is -0.107. The van der Waals surface area contributed by atoms with Gasteiger partial charge in [-0.1, -0.05) is 6.42 Å². The highest BCUT2D eigenvalue weighted by atomic mass is 16.6. The highest BCUT2D eigenvalue weighted by Crippen LogP contribution is 2.47. The summed E-state index contributed by atoms with van der Waals surface area (Å²) < 4.78 is 12.0. The standard InChI is InChI=1S/C17H28O2/c1-2-11-18-17(8-1)9-6-13(7-10-17)12-14-4-3-5-15-16(14)19-15/h13-16H,1-12H2. The predicted octanol–water partition coefficient (Wildman–Crippen LogP) is 4.07. The molecular weight excluding hydrogens is 236 g/mol. The lowest BCUT2D eigenvalue weighted by Gasteiger charge is -2.43. The third-order valence-electron chi connectivity index (χ3n) is 6.24. The van der Waals surface area contributed by atoms with Crippen LogP contribution in [0.3, 0.4) is 0 Å². The summed E-state index contributed by atoms with van der Waals surface area (Å²) in [6, 6.07) is 0. The fourth-order valence-electron chi connectivity index (χ4n) is 4.97. The summed E-state index contributed by atoms with van der Waals surface area (Å²) in [6.45, 7) is 1.02. The molecule has 1 spiro atoms. The molecule has 2 saturated heterocycles. The van der Waals surface area contributed by atoms with Crippen LogP contribution in [0.1, 0.15) is 70.6 Å². The minimum Gasteiger partial charge on any atom is -0.375 e. The molecule has 2 aliphatic heterocycles. The van der Waals surface area contributed by atoms with Gasteiger partial charge in [-0.3, -0.25) is 0 Å². The third-order valence-corrected chi connectivity index (χ3v) is 6.24. The zero-order valence-electron chi connectivity index (χ0n) is 12.1. The molecule has 0 amide bonds. The van der Waals surface area contributed by atoms with E-state index in [4.69, 9.17) is 9.47 Å². The average molecular weight is 264 g/mol. The SMILES string of the molecule is C1CCC2(CCC(CC3CCCC4OC34)CC2)OC1. The van der Waals surface area contributed by atoms with E-state index < -0.39 is 0 Å². The molecule has 3 atom stereocenters. The van der Waals surface area contributed by atoms with Crippen LogP contribution in [0.2, 0.25) is 0 Å². The van der Waals surface area contributed by atoms with E-state index in [1.54, 1.807) is 0 Å². The van der Waals surface area contributed by atoms with Gasteiger partial charge in [-0.15, -0.1) is 0 Å². The topological polar surface area (TPSA) is 21.8 Å². The van der Waals surface area contributed by atoms with Crippen LogP contribution in [0.5, 0.6) is 0 Å². The van der Waals surface area contributed by atoms with E-state index in [0.717, 1.165) is 18.4 Å². The molecule has 0 radical (unpaired) electrons. The molecule has 0 aromatic rings. The molecule has 3 unspecified atom stereocenters. The Morgan fingerprint density at radius 3 is 2.58 bits per heavy atom. The zero-order valence-corrected chi connectivity index (χ0v) is 12.1. The molecule has 2 heteroatoms. The highest BCUT2D eigenvalue weighted by Gasteiger charge is 2.48. The van der Waals surface area contributed by atoms with Crippen LogP contribution in [0.15, 0.2) is 0 Å². The van der Waals surface area contributed by atoms with E-state index in [2.05, 4.69) is 0 Å². The van der Waals surface area contributed by atoms with Crippen molar-refractivity contribution in [3.63, 3.8) is 0 Å². The first kappa shape index (κ1) is 12.6. The van der Waals surface area contributed by atoms with Crippen LogP contribution < -0.4 is 0 Å². The van der Waals surface area contributed by atoms with Crippen molar-refractivity contribution in [1.29, 1.82) is 0 Å². The van der Waals surface area contributed by atoms with Crippen molar-refractivity contribution in [2.45, 2.75) is 88.4 Å². The molecule has 0 aromatic carbocycles. The van der Waals surface area contributed by atoms with Crippen LogP contribution in [0, 0.1) is 11.8 Å². The lowest BCUT2D eigenvalue weighted by atomic mass is 9.71. The summed E-state index contributed by atoms with van der Waals surface area (Å²) in [5.41, 5.74) is 0.305. The van der Waals surface area contributed by atoms with Gasteiger partial charge >= 0.3 is 0 Å². The summed E-state index contributed by atoms with van der Waals surface area (Å²) in [4.78, 5) is 0. The molecule has 4 rings (SSSR count). The monoisotopic (exact) mass is 264 g/mol. The van der Waals surface area contributed by atoms with Crippen molar-refractivity contribution < 1.29 is 9.47 Å². The van der Waals surface area contributed by atoms with Crippen LogP contribution in [-0.2, 0) is 9.47 Å². The second-order valence-corrected chi connectivity index (χ2v) is 7.50. The minimum atomic E-state index is 0.305. The first-order valence-electron chi connectivity index (χ1n) is 8.64. The zero-order chi connectivity index (χ0) is 12.7. The molecule has 4 aliphatic rings. The molecule has 2 aliphatic carbocycles. The Bertz CT molecular complexity index is 311. The Hall–Kier alpha value is -0.0800. The molecule has 0 bridgehead atoms. The van der Waals surface area contributed by atoms with Gasteiger partial charge in [0.05, 0.1) is 17.8 Å². The molecule has 108 valence electrons. The smallest absolute Gasteiger partial charge is 0.0870 e. The van der Waals surface area contributed by atoms with Gasteiger partial charge in [0.2, 0.25) is 0 Å². The fourth-order valence-corrected chi connectivity index (χ4v) is 4.97. The average Bonchev–Trinajstić information content (AvgIpc) is 3.23. The first-order valence-corrected chi connectivity index (χ1v) is 8.64. The van der Waals surface area contributed by atoms with E-state index in [1.807, 2.05) is 0 Å². The van der Waals surface area contributed by atoms with Crippen LogP contribution in [0.25, 0.3) is 0 Å². The maximum atomic E-state index is 6.15. The largest absolute Gasteiger partial charge is 0.375 e. The molecule has 2 saturated carbocycles. The van der Waals surface area contributed by atoms with Crippen molar-refractivity contribution >= 4 is 0 Å². The van der Waals surface area contributed by atoms with E-state index in [9.17, 15) is 0 Å². The summed E-state index contributed by atoms with van der Waals surface area (Å²) in [7, 11) is 0. The molecule has 4 fully saturated rings. The van der Waals surface area contributed by atoms with Crippen molar-refractivity contribution in [2.24, 2.45) is 11.8 Å².